The minimum atomic E-state index is 0.414. The zero-order valence-electron chi connectivity index (χ0n) is 29.6. The van der Waals surface area contributed by atoms with Crippen LogP contribution in [0.1, 0.15) is 143 Å². The lowest BCUT2D eigenvalue weighted by molar-refractivity contribution is -0.291. The summed E-state index contributed by atoms with van der Waals surface area (Å²) in [5.74, 6) is 11.9. The van der Waals surface area contributed by atoms with E-state index in [0.29, 0.717) is 21.7 Å². The molecule has 0 saturated heterocycles. The van der Waals surface area contributed by atoms with E-state index in [1.165, 1.54) is 32.1 Å². The molecule has 4 aliphatic rings. The molecule has 4 fully saturated rings. The molecule has 0 amide bonds. The molecule has 228 valence electrons. The molecule has 0 bridgehead atoms. The van der Waals surface area contributed by atoms with Crippen molar-refractivity contribution in [2.75, 3.05) is 0 Å². The summed E-state index contributed by atoms with van der Waals surface area (Å²) in [6, 6.07) is 0. The average molecular weight is 541 g/mol. The van der Waals surface area contributed by atoms with Crippen molar-refractivity contribution in [3.05, 3.63) is 0 Å². The van der Waals surface area contributed by atoms with Gasteiger partial charge in [-0.1, -0.05) is 111 Å². The summed E-state index contributed by atoms with van der Waals surface area (Å²) in [4.78, 5) is 0. The zero-order valence-corrected chi connectivity index (χ0v) is 29.6. The maximum Gasteiger partial charge on any atom is -0.0212 e. The first kappa shape index (κ1) is 31.9. The molecule has 0 aromatic carbocycles. The van der Waals surface area contributed by atoms with Crippen LogP contribution >= 0.6 is 0 Å². The Kier molecular flexibility index (Phi) is 8.45. The lowest BCUT2D eigenvalue weighted by Crippen LogP contribution is -2.71. The molecule has 0 N–H and O–H groups in total. The molecule has 39 heavy (non-hydrogen) atoms. The molecular weight excluding hydrogens is 468 g/mol. The molecule has 4 rings (SSSR count). The van der Waals surface area contributed by atoms with Crippen LogP contribution in [0.15, 0.2) is 0 Å². The van der Waals surface area contributed by atoms with E-state index in [9.17, 15) is 0 Å². The van der Waals surface area contributed by atoms with Gasteiger partial charge in [-0.05, 0) is 137 Å². The van der Waals surface area contributed by atoms with Crippen molar-refractivity contribution < 1.29 is 0 Å². The van der Waals surface area contributed by atoms with Crippen molar-refractivity contribution in [2.24, 2.45) is 105 Å². The lowest BCUT2D eigenvalue weighted by Gasteiger charge is -2.77. The maximum atomic E-state index is 2.81. The Bertz CT molecular complexity index is 862. The third-order valence-corrected chi connectivity index (χ3v) is 16.2. The number of hydrogen-bond acceptors (Lipinski definition) is 0. The molecule has 0 aliphatic heterocycles. The Morgan fingerprint density at radius 3 is 1.90 bits per heavy atom. The summed E-state index contributed by atoms with van der Waals surface area (Å²) in [5, 5.41) is 0. The van der Waals surface area contributed by atoms with E-state index >= 15 is 0 Å². The Hall–Kier alpha value is 0. The molecule has 16 unspecified atom stereocenters. The van der Waals surface area contributed by atoms with Crippen LogP contribution in [0.2, 0.25) is 0 Å². The van der Waals surface area contributed by atoms with Gasteiger partial charge in [0.05, 0.1) is 0 Å². The molecule has 0 radical (unpaired) electrons. The fraction of sp³-hybridized carbons (Fsp3) is 1.00. The summed E-state index contributed by atoms with van der Waals surface area (Å²) >= 11 is 0. The van der Waals surface area contributed by atoms with Crippen LogP contribution in [0.5, 0.6) is 0 Å². The highest BCUT2D eigenvalue weighted by atomic mass is 14.8. The predicted octanol–water partition coefficient (Wildman–Crippen LogP) is 11.9. The Labute approximate surface area is 247 Å². The SMILES string of the molecule is CC(CC1CCC2C(C1C)C(C)C1C(C)C3(C)C(C)C(C(C)C)C(C)CC3(C)C(C)C1(C)C2C)CC(C)(C)C. The second-order valence-corrected chi connectivity index (χ2v) is 19.1. The third kappa shape index (κ3) is 4.55. The van der Waals surface area contributed by atoms with Crippen LogP contribution in [-0.4, -0.2) is 0 Å². The van der Waals surface area contributed by atoms with Crippen molar-refractivity contribution in [1.82, 2.24) is 0 Å². The molecule has 0 nitrogen and oxygen atoms in total. The summed E-state index contributed by atoms with van der Waals surface area (Å²) in [7, 11) is 0. The lowest BCUT2D eigenvalue weighted by atomic mass is 9.28. The Morgan fingerprint density at radius 2 is 1.36 bits per heavy atom. The van der Waals surface area contributed by atoms with Gasteiger partial charge in [-0.2, -0.15) is 0 Å². The van der Waals surface area contributed by atoms with Crippen LogP contribution in [-0.2, 0) is 0 Å². The van der Waals surface area contributed by atoms with E-state index in [1.54, 1.807) is 0 Å². The molecule has 4 saturated carbocycles. The highest BCUT2D eigenvalue weighted by Crippen LogP contribution is 2.78. The van der Waals surface area contributed by atoms with Gasteiger partial charge in [0.15, 0.2) is 0 Å². The molecular formula is C39H72. The van der Waals surface area contributed by atoms with E-state index in [2.05, 4.69) is 111 Å². The van der Waals surface area contributed by atoms with Crippen LogP contribution < -0.4 is 0 Å². The molecule has 16 atom stereocenters. The van der Waals surface area contributed by atoms with E-state index in [-0.39, 0.29) is 0 Å². The average Bonchev–Trinajstić information content (AvgIpc) is 2.79. The normalized spacial score (nSPS) is 55.0. The van der Waals surface area contributed by atoms with Gasteiger partial charge in [0.2, 0.25) is 0 Å². The monoisotopic (exact) mass is 541 g/mol. The second-order valence-electron chi connectivity index (χ2n) is 19.1. The quantitative estimate of drug-likeness (QED) is 0.332. The summed E-state index contributed by atoms with van der Waals surface area (Å²) in [6.45, 7) is 42.3. The van der Waals surface area contributed by atoms with Gasteiger partial charge in [-0.15, -0.1) is 0 Å². The molecule has 0 spiro atoms. The Balaban J connectivity index is 1.72. The number of rotatable bonds is 4. The van der Waals surface area contributed by atoms with E-state index in [1.807, 2.05) is 0 Å². The molecule has 0 heterocycles. The van der Waals surface area contributed by atoms with Crippen molar-refractivity contribution in [3.63, 3.8) is 0 Å². The molecule has 0 aromatic rings. The molecule has 4 aliphatic carbocycles. The largest absolute Gasteiger partial charge is 0.0625 e. The van der Waals surface area contributed by atoms with Crippen LogP contribution in [0, 0.1) is 105 Å². The van der Waals surface area contributed by atoms with Gasteiger partial charge in [0.1, 0.15) is 0 Å². The first-order valence-electron chi connectivity index (χ1n) is 17.7. The summed E-state index contributed by atoms with van der Waals surface area (Å²) in [5.41, 5.74) is 1.74. The predicted molar refractivity (Wildman–Crippen MR) is 172 cm³/mol. The first-order chi connectivity index (χ1) is 17.7. The minimum absolute atomic E-state index is 0.414. The Morgan fingerprint density at radius 1 is 0.769 bits per heavy atom. The summed E-state index contributed by atoms with van der Waals surface area (Å²) < 4.78 is 0. The fourth-order valence-corrected chi connectivity index (χ4v) is 14.6. The van der Waals surface area contributed by atoms with Crippen LogP contribution in [0.3, 0.4) is 0 Å². The minimum Gasteiger partial charge on any atom is -0.0625 e. The number of fused-ring (bicyclic) bond motifs is 3. The second kappa shape index (κ2) is 10.3. The zero-order chi connectivity index (χ0) is 29.6. The van der Waals surface area contributed by atoms with Gasteiger partial charge in [-0.3, -0.25) is 0 Å². The van der Waals surface area contributed by atoms with Crippen molar-refractivity contribution in [3.8, 4) is 0 Å². The van der Waals surface area contributed by atoms with Gasteiger partial charge in [0, 0.05) is 0 Å². The van der Waals surface area contributed by atoms with Crippen molar-refractivity contribution >= 4 is 0 Å². The van der Waals surface area contributed by atoms with Gasteiger partial charge in [-0.25, -0.2) is 0 Å². The third-order valence-electron chi connectivity index (χ3n) is 16.2. The highest BCUT2D eigenvalue weighted by Gasteiger charge is 2.72. The van der Waals surface area contributed by atoms with Crippen molar-refractivity contribution in [1.29, 1.82) is 0 Å². The van der Waals surface area contributed by atoms with Gasteiger partial charge in [0.25, 0.3) is 0 Å². The van der Waals surface area contributed by atoms with E-state index < -0.39 is 0 Å². The highest BCUT2D eigenvalue weighted by molar-refractivity contribution is 5.20. The topological polar surface area (TPSA) is 0 Å². The molecule has 0 aromatic heterocycles. The molecule has 0 heteroatoms. The first-order valence-corrected chi connectivity index (χ1v) is 17.7. The van der Waals surface area contributed by atoms with Gasteiger partial charge < -0.3 is 0 Å². The van der Waals surface area contributed by atoms with Crippen LogP contribution in [0.4, 0.5) is 0 Å². The van der Waals surface area contributed by atoms with E-state index in [0.717, 1.165) is 82.9 Å². The maximum absolute atomic E-state index is 2.81. The van der Waals surface area contributed by atoms with Crippen molar-refractivity contribution in [2.45, 2.75) is 143 Å². The van der Waals surface area contributed by atoms with Gasteiger partial charge >= 0.3 is 0 Å². The van der Waals surface area contributed by atoms with E-state index in [4.69, 9.17) is 0 Å². The summed E-state index contributed by atoms with van der Waals surface area (Å²) in [6.07, 6.45) is 7.24. The number of hydrogen-bond donors (Lipinski definition) is 0. The standard InChI is InChI=1S/C39H72/c1-22(2)33-24(4)21-37(14)30(10)38(15)27(7)32-18-17-31(19-23(3)20-36(11,12)13)25(5)34(32)26(6)35(38)29(9)39(37,16)28(33)8/h22-35H,17-21H2,1-16H3. The fourth-order valence-electron chi connectivity index (χ4n) is 14.6. The smallest absolute Gasteiger partial charge is 0.0212 e. The van der Waals surface area contributed by atoms with Crippen LogP contribution in [0.25, 0.3) is 0 Å².